The molecule has 0 aliphatic carbocycles. The molecule has 13 heavy (non-hydrogen) atoms. The SMILES string of the molecule is CCCC(C)OC(=O)OCCC#N. The Labute approximate surface area is 78.4 Å². The minimum absolute atomic E-state index is 0.105. The average Bonchev–Trinajstić information content (AvgIpc) is 2.05. The van der Waals surface area contributed by atoms with Gasteiger partial charge in [0.1, 0.15) is 12.7 Å². The lowest BCUT2D eigenvalue weighted by molar-refractivity contribution is 0.0277. The van der Waals surface area contributed by atoms with E-state index in [4.69, 9.17) is 10.00 Å². The van der Waals surface area contributed by atoms with Crippen LogP contribution >= 0.6 is 0 Å². The van der Waals surface area contributed by atoms with Gasteiger partial charge in [-0.3, -0.25) is 0 Å². The fourth-order valence-corrected chi connectivity index (χ4v) is 0.844. The molecule has 0 saturated carbocycles. The van der Waals surface area contributed by atoms with Crippen molar-refractivity contribution in [3.63, 3.8) is 0 Å². The van der Waals surface area contributed by atoms with E-state index >= 15 is 0 Å². The Morgan fingerprint density at radius 1 is 1.62 bits per heavy atom. The first-order valence-corrected chi connectivity index (χ1v) is 4.41. The fourth-order valence-electron chi connectivity index (χ4n) is 0.844. The first-order chi connectivity index (χ1) is 6.20. The van der Waals surface area contributed by atoms with Gasteiger partial charge in [0.15, 0.2) is 0 Å². The molecule has 1 atom stereocenters. The highest BCUT2D eigenvalue weighted by Crippen LogP contribution is 2.02. The van der Waals surface area contributed by atoms with E-state index in [2.05, 4.69) is 4.74 Å². The normalized spacial score (nSPS) is 11.5. The van der Waals surface area contributed by atoms with Gasteiger partial charge < -0.3 is 9.47 Å². The van der Waals surface area contributed by atoms with Gasteiger partial charge in [-0.15, -0.1) is 0 Å². The van der Waals surface area contributed by atoms with Crippen molar-refractivity contribution in [3.8, 4) is 6.07 Å². The molecular weight excluding hydrogens is 170 g/mol. The van der Waals surface area contributed by atoms with E-state index < -0.39 is 6.16 Å². The smallest absolute Gasteiger partial charge is 0.433 e. The van der Waals surface area contributed by atoms with Crippen LogP contribution in [0.4, 0.5) is 4.79 Å². The molecule has 4 heteroatoms. The van der Waals surface area contributed by atoms with E-state index in [1.165, 1.54) is 0 Å². The van der Waals surface area contributed by atoms with Crippen molar-refractivity contribution in [3.05, 3.63) is 0 Å². The zero-order valence-electron chi connectivity index (χ0n) is 8.08. The van der Waals surface area contributed by atoms with Crippen molar-refractivity contribution in [1.82, 2.24) is 0 Å². The third-order valence-corrected chi connectivity index (χ3v) is 1.43. The van der Waals surface area contributed by atoms with Gasteiger partial charge >= 0.3 is 6.16 Å². The second kappa shape index (κ2) is 7.41. The lowest BCUT2D eigenvalue weighted by Crippen LogP contribution is -2.16. The molecule has 0 saturated heterocycles. The highest BCUT2D eigenvalue weighted by molar-refractivity contribution is 5.60. The summed E-state index contributed by atoms with van der Waals surface area (Å²) >= 11 is 0. The van der Waals surface area contributed by atoms with Crippen LogP contribution in [0.15, 0.2) is 0 Å². The molecule has 0 fully saturated rings. The van der Waals surface area contributed by atoms with Gasteiger partial charge in [0, 0.05) is 0 Å². The highest BCUT2D eigenvalue weighted by Gasteiger charge is 2.08. The molecule has 0 N–H and O–H groups in total. The quantitative estimate of drug-likeness (QED) is 0.486. The molecule has 0 aliphatic rings. The highest BCUT2D eigenvalue weighted by atomic mass is 16.7. The predicted octanol–water partition coefficient (Wildman–Crippen LogP) is 2.24. The Morgan fingerprint density at radius 3 is 2.85 bits per heavy atom. The van der Waals surface area contributed by atoms with Gasteiger partial charge in [-0.2, -0.15) is 5.26 Å². The molecule has 0 aromatic carbocycles. The fraction of sp³-hybridized carbons (Fsp3) is 0.778. The summed E-state index contributed by atoms with van der Waals surface area (Å²) in [6.45, 7) is 3.93. The Hall–Kier alpha value is -1.24. The molecule has 0 rings (SSSR count). The summed E-state index contributed by atoms with van der Waals surface area (Å²) in [6, 6.07) is 1.87. The second-order valence-corrected chi connectivity index (χ2v) is 2.72. The Balaban J connectivity index is 3.45. The molecule has 0 aromatic heterocycles. The van der Waals surface area contributed by atoms with Gasteiger partial charge in [-0.1, -0.05) is 13.3 Å². The molecular formula is C9H15NO3. The third kappa shape index (κ3) is 7.13. The first kappa shape index (κ1) is 11.8. The van der Waals surface area contributed by atoms with Crippen LogP contribution in [0, 0.1) is 11.3 Å². The molecule has 4 nitrogen and oxygen atoms in total. The predicted molar refractivity (Wildman–Crippen MR) is 47.0 cm³/mol. The summed E-state index contributed by atoms with van der Waals surface area (Å²) in [4.78, 5) is 10.8. The molecule has 0 spiro atoms. The average molecular weight is 185 g/mol. The molecule has 0 bridgehead atoms. The Morgan fingerprint density at radius 2 is 2.31 bits per heavy atom. The Bertz CT molecular complexity index is 186. The van der Waals surface area contributed by atoms with Crippen molar-refractivity contribution in [1.29, 1.82) is 5.26 Å². The zero-order chi connectivity index (χ0) is 10.1. The number of rotatable bonds is 5. The molecule has 0 aromatic rings. The molecule has 1 unspecified atom stereocenters. The molecule has 0 heterocycles. The minimum atomic E-state index is -0.684. The summed E-state index contributed by atoms with van der Waals surface area (Å²) in [7, 11) is 0. The summed E-state index contributed by atoms with van der Waals surface area (Å²) in [5.41, 5.74) is 0. The van der Waals surface area contributed by atoms with Crippen molar-refractivity contribution in [2.24, 2.45) is 0 Å². The van der Waals surface area contributed by atoms with Crippen LogP contribution in [0.1, 0.15) is 33.1 Å². The lowest BCUT2D eigenvalue weighted by atomic mass is 10.2. The number of hydrogen-bond acceptors (Lipinski definition) is 4. The molecule has 0 aliphatic heterocycles. The number of hydrogen-bond donors (Lipinski definition) is 0. The van der Waals surface area contributed by atoms with Gasteiger partial charge in [0.05, 0.1) is 12.5 Å². The largest absolute Gasteiger partial charge is 0.508 e. The summed E-state index contributed by atoms with van der Waals surface area (Å²) in [5.74, 6) is 0. The van der Waals surface area contributed by atoms with Crippen molar-refractivity contribution >= 4 is 6.16 Å². The summed E-state index contributed by atoms with van der Waals surface area (Å²) in [6.07, 6.45) is 1.20. The first-order valence-electron chi connectivity index (χ1n) is 4.41. The van der Waals surface area contributed by atoms with Gasteiger partial charge in [-0.25, -0.2) is 4.79 Å². The number of ether oxygens (including phenoxy) is 2. The number of nitrogens with zero attached hydrogens (tertiary/aromatic N) is 1. The van der Waals surface area contributed by atoms with E-state index in [1.807, 2.05) is 19.9 Å². The lowest BCUT2D eigenvalue weighted by Gasteiger charge is -2.11. The van der Waals surface area contributed by atoms with Crippen LogP contribution in [0.2, 0.25) is 0 Å². The monoisotopic (exact) mass is 185 g/mol. The topological polar surface area (TPSA) is 59.3 Å². The van der Waals surface area contributed by atoms with Crippen molar-refractivity contribution in [2.75, 3.05) is 6.61 Å². The van der Waals surface area contributed by atoms with Crippen LogP contribution in [-0.2, 0) is 9.47 Å². The Kier molecular flexibility index (Phi) is 6.70. The maximum Gasteiger partial charge on any atom is 0.508 e. The van der Waals surface area contributed by atoms with Gasteiger partial charge in [0.2, 0.25) is 0 Å². The van der Waals surface area contributed by atoms with Gasteiger partial charge in [0.25, 0.3) is 0 Å². The number of nitriles is 1. The molecule has 0 amide bonds. The zero-order valence-corrected chi connectivity index (χ0v) is 8.08. The summed E-state index contributed by atoms with van der Waals surface area (Å²) < 4.78 is 9.48. The van der Waals surface area contributed by atoms with E-state index in [9.17, 15) is 4.79 Å². The van der Waals surface area contributed by atoms with Crippen LogP contribution < -0.4 is 0 Å². The van der Waals surface area contributed by atoms with Crippen LogP contribution in [0.3, 0.4) is 0 Å². The van der Waals surface area contributed by atoms with E-state index in [-0.39, 0.29) is 19.1 Å². The van der Waals surface area contributed by atoms with E-state index in [0.717, 1.165) is 12.8 Å². The van der Waals surface area contributed by atoms with Gasteiger partial charge in [-0.05, 0) is 13.3 Å². The maximum atomic E-state index is 10.8. The second-order valence-electron chi connectivity index (χ2n) is 2.72. The van der Waals surface area contributed by atoms with Crippen LogP contribution in [0.25, 0.3) is 0 Å². The molecule has 74 valence electrons. The summed E-state index contributed by atoms with van der Waals surface area (Å²) in [5, 5.41) is 8.16. The van der Waals surface area contributed by atoms with Crippen molar-refractivity contribution in [2.45, 2.75) is 39.2 Å². The van der Waals surface area contributed by atoms with E-state index in [1.54, 1.807) is 0 Å². The number of carbonyl (C=O) groups excluding carboxylic acids is 1. The van der Waals surface area contributed by atoms with Crippen LogP contribution in [-0.4, -0.2) is 18.9 Å². The van der Waals surface area contributed by atoms with E-state index in [0.29, 0.717) is 0 Å². The maximum absolute atomic E-state index is 10.8. The van der Waals surface area contributed by atoms with Crippen LogP contribution in [0.5, 0.6) is 0 Å². The third-order valence-electron chi connectivity index (χ3n) is 1.43. The number of carbonyl (C=O) groups is 1. The van der Waals surface area contributed by atoms with Crippen molar-refractivity contribution < 1.29 is 14.3 Å². The molecule has 0 radical (unpaired) electrons. The minimum Gasteiger partial charge on any atom is -0.433 e. The standard InChI is InChI=1S/C9H15NO3/c1-3-5-8(2)13-9(11)12-7-4-6-10/h8H,3-5,7H2,1-2H3.